The molecule has 20 heavy (non-hydrogen) atoms. The van der Waals surface area contributed by atoms with Crippen molar-refractivity contribution in [2.24, 2.45) is 5.73 Å². The van der Waals surface area contributed by atoms with Gasteiger partial charge in [0.05, 0.1) is 6.61 Å². The molecule has 0 aliphatic heterocycles. The third-order valence-electron chi connectivity index (χ3n) is 2.50. The zero-order valence-electron chi connectivity index (χ0n) is 12.0. The SMILES string of the molecule is COCC(N)C(=O)Nc1cccc(C(=O)NC(C)C)c1. The highest BCUT2D eigenvalue weighted by Gasteiger charge is 2.14. The Bertz CT molecular complexity index is 474. The topological polar surface area (TPSA) is 93.4 Å². The summed E-state index contributed by atoms with van der Waals surface area (Å²) >= 11 is 0. The maximum atomic E-state index is 11.9. The van der Waals surface area contributed by atoms with E-state index in [4.69, 9.17) is 10.5 Å². The number of nitrogens with two attached hydrogens (primary N) is 1. The van der Waals surface area contributed by atoms with Gasteiger partial charge in [-0.3, -0.25) is 9.59 Å². The van der Waals surface area contributed by atoms with Gasteiger partial charge in [0.15, 0.2) is 0 Å². The fraction of sp³-hybridized carbons (Fsp3) is 0.429. The molecule has 0 saturated heterocycles. The van der Waals surface area contributed by atoms with E-state index in [2.05, 4.69) is 10.6 Å². The normalized spacial score (nSPS) is 12.1. The molecule has 0 spiro atoms. The van der Waals surface area contributed by atoms with Gasteiger partial charge in [0, 0.05) is 24.4 Å². The first kappa shape index (κ1) is 16.1. The Kier molecular flexibility index (Phi) is 6.14. The highest BCUT2D eigenvalue weighted by molar-refractivity contribution is 5.98. The molecule has 0 aromatic heterocycles. The second-order valence-corrected chi connectivity index (χ2v) is 4.76. The van der Waals surface area contributed by atoms with Gasteiger partial charge < -0.3 is 21.1 Å². The van der Waals surface area contributed by atoms with E-state index in [0.717, 1.165) is 0 Å². The lowest BCUT2D eigenvalue weighted by Gasteiger charge is -2.12. The number of carbonyl (C=O) groups excluding carboxylic acids is 2. The van der Waals surface area contributed by atoms with Crippen molar-refractivity contribution in [2.45, 2.75) is 25.9 Å². The van der Waals surface area contributed by atoms with Gasteiger partial charge in [0.1, 0.15) is 6.04 Å². The number of anilines is 1. The molecule has 2 amide bonds. The summed E-state index contributed by atoms with van der Waals surface area (Å²) in [5.41, 5.74) is 6.63. The molecule has 110 valence electrons. The monoisotopic (exact) mass is 279 g/mol. The molecule has 1 unspecified atom stereocenters. The summed E-state index contributed by atoms with van der Waals surface area (Å²) in [7, 11) is 1.48. The number of hydrogen-bond acceptors (Lipinski definition) is 4. The van der Waals surface area contributed by atoms with Crippen molar-refractivity contribution in [3.05, 3.63) is 29.8 Å². The molecule has 0 bridgehead atoms. The van der Waals surface area contributed by atoms with Gasteiger partial charge in [-0.25, -0.2) is 0 Å². The van der Waals surface area contributed by atoms with Crippen LogP contribution in [-0.4, -0.2) is 37.6 Å². The van der Waals surface area contributed by atoms with Crippen LogP contribution < -0.4 is 16.4 Å². The number of hydrogen-bond donors (Lipinski definition) is 3. The van der Waals surface area contributed by atoms with Crippen LogP contribution in [0.25, 0.3) is 0 Å². The van der Waals surface area contributed by atoms with E-state index in [1.807, 2.05) is 13.8 Å². The van der Waals surface area contributed by atoms with Gasteiger partial charge in [-0.1, -0.05) is 6.07 Å². The highest BCUT2D eigenvalue weighted by Crippen LogP contribution is 2.11. The lowest BCUT2D eigenvalue weighted by molar-refractivity contribution is -0.118. The van der Waals surface area contributed by atoms with Crippen LogP contribution in [0.3, 0.4) is 0 Å². The van der Waals surface area contributed by atoms with Gasteiger partial charge in [-0.2, -0.15) is 0 Å². The average molecular weight is 279 g/mol. The van der Waals surface area contributed by atoms with E-state index in [-0.39, 0.29) is 24.5 Å². The maximum absolute atomic E-state index is 11.9. The van der Waals surface area contributed by atoms with Crippen molar-refractivity contribution in [1.29, 1.82) is 0 Å². The van der Waals surface area contributed by atoms with Crippen LogP contribution in [0.4, 0.5) is 5.69 Å². The second-order valence-electron chi connectivity index (χ2n) is 4.76. The fourth-order valence-corrected chi connectivity index (χ4v) is 1.57. The Morgan fingerprint density at radius 1 is 1.35 bits per heavy atom. The molecule has 6 nitrogen and oxygen atoms in total. The first-order valence-corrected chi connectivity index (χ1v) is 6.40. The van der Waals surface area contributed by atoms with Crippen molar-refractivity contribution in [1.82, 2.24) is 5.32 Å². The van der Waals surface area contributed by atoms with Crippen LogP contribution in [0, 0.1) is 0 Å². The van der Waals surface area contributed by atoms with Crippen LogP contribution >= 0.6 is 0 Å². The van der Waals surface area contributed by atoms with Crippen LogP contribution in [0.1, 0.15) is 24.2 Å². The zero-order valence-corrected chi connectivity index (χ0v) is 12.0. The largest absolute Gasteiger partial charge is 0.383 e. The molecule has 0 radical (unpaired) electrons. The summed E-state index contributed by atoms with van der Waals surface area (Å²) in [5, 5.41) is 5.44. The van der Waals surface area contributed by atoms with Crippen LogP contribution in [0.15, 0.2) is 24.3 Å². The first-order chi connectivity index (χ1) is 9.43. The Hall–Kier alpha value is -1.92. The Labute approximate surface area is 118 Å². The standard InChI is InChI=1S/C14H21N3O3/c1-9(2)16-13(18)10-5-4-6-11(7-10)17-14(19)12(15)8-20-3/h4-7,9,12H,8,15H2,1-3H3,(H,16,18)(H,17,19). The molecular formula is C14H21N3O3. The molecule has 0 saturated carbocycles. The number of benzene rings is 1. The summed E-state index contributed by atoms with van der Waals surface area (Å²) in [5.74, 6) is -0.537. The van der Waals surface area contributed by atoms with Crippen LogP contribution in [0.2, 0.25) is 0 Å². The molecule has 0 aliphatic rings. The van der Waals surface area contributed by atoms with Gasteiger partial charge >= 0.3 is 0 Å². The van der Waals surface area contributed by atoms with Crippen molar-refractivity contribution < 1.29 is 14.3 Å². The van der Waals surface area contributed by atoms with Crippen molar-refractivity contribution >= 4 is 17.5 Å². The second kappa shape index (κ2) is 7.62. The summed E-state index contributed by atoms with van der Waals surface area (Å²) in [4.78, 5) is 23.6. The van der Waals surface area contributed by atoms with Gasteiger partial charge in [-0.15, -0.1) is 0 Å². The molecule has 6 heteroatoms. The molecule has 1 aromatic rings. The summed E-state index contributed by atoms with van der Waals surface area (Å²) in [6.45, 7) is 3.90. The minimum atomic E-state index is -0.742. The number of ether oxygens (including phenoxy) is 1. The van der Waals surface area contributed by atoms with E-state index in [9.17, 15) is 9.59 Å². The third-order valence-corrected chi connectivity index (χ3v) is 2.50. The van der Waals surface area contributed by atoms with Crippen molar-refractivity contribution in [3.8, 4) is 0 Å². The van der Waals surface area contributed by atoms with Gasteiger partial charge in [0.2, 0.25) is 5.91 Å². The predicted octanol–water partition coefficient (Wildman–Crippen LogP) is 0.737. The molecule has 1 rings (SSSR count). The first-order valence-electron chi connectivity index (χ1n) is 6.40. The third kappa shape index (κ3) is 4.99. The molecule has 0 fully saturated rings. The van der Waals surface area contributed by atoms with Gasteiger partial charge in [-0.05, 0) is 32.0 Å². The Morgan fingerprint density at radius 3 is 2.65 bits per heavy atom. The average Bonchev–Trinajstić information content (AvgIpc) is 2.38. The smallest absolute Gasteiger partial charge is 0.251 e. The predicted molar refractivity (Wildman–Crippen MR) is 77.5 cm³/mol. The molecule has 0 aliphatic carbocycles. The quantitative estimate of drug-likeness (QED) is 0.716. The minimum Gasteiger partial charge on any atom is -0.383 e. The lowest BCUT2D eigenvalue weighted by atomic mass is 10.1. The van der Waals surface area contributed by atoms with Crippen molar-refractivity contribution in [3.63, 3.8) is 0 Å². The van der Waals surface area contributed by atoms with E-state index in [1.165, 1.54) is 7.11 Å². The summed E-state index contributed by atoms with van der Waals surface area (Å²) in [6, 6.07) is 6.00. The molecule has 1 aromatic carbocycles. The number of rotatable bonds is 6. The Balaban J connectivity index is 2.73. The zero-order chi connectivity index (χ0) is 15.1. The maximum Gasteiger partial charge on any atom is 0.251 e. The fourth-order valence-electron chi connectivity index (χ4n) is 1.57. The van der Waals surface area contributed by atoms with E-state index >= 15 is 0 Å². The summed E-state index contributed by atoms with van der Waals surface area (Å²) < 4.78 is 4.82. The summed E-state index contributed by atoms with van der Waals surface area (Å²) in [6.07, 6.45) is 0. The Morgan fingerprint density at radius 2 is 2.05 bits per heavy atom. The molecule has 1 atom stereocenters. The van der Waals surface area contributed by atoms with Crippen LogP contribution in [-0.2, 0) is 9.53 Å². The van der Waals surface area contributed by atoms with E-state index < -0.39 is 6.04 Å². The minimum absolute atomic E-state index is 0.0517. The molecule has 0 heterocycles. The van der Waals surface area contributed by atoms with E-state index in [0.29, 0.717) is 11.3 Å². The number of methoxy groups -OCH3 is 1. The number of amides is 2. The number of carbonyl (C=O) groups is 2. The number of nitrogens with one attached hydrogen (secondary N) is 2. The van der Waals surface area contributed by atoms with Crippen molar-refractivity contribution in [2.75, 3.05) is 19.0 Å². The van der Waals surface area contributed by atoms with Crippen LogP contribution in [0.5, 0.6) is 0 Å². The lowest BCUT2D eigenvalue weighted by Crippen LogP contribution is -2.39. The molecular weight excluding hydrogens is 258 g/mol. The highest BCUT2D eigenvalue weighted by atomic mass is 16.5. The molecule has 4 N–H and O–H groups in total. The van der Waals surface area contributed by atoms with Gasteiger partial charge in [0.25, 0.3) is 5.91 Å². The van der Waals surface area contributed by atoms with E-state index in [1.54, 1.807) is 24.3 Å².